The van der Waals surface area contributed by atoms with E-state index in [9.17, 15) is 0 Å². The van der Waals surface area contributed by atoms with Crippen molar-refractivity contribution in [3.8, 4) is 0 Å². The lowest BCUT2D eigenvalue weighted by molar-refractivity contribution is 0.368. The molecule has 1 rings (SSSR count). The molecular formula is C6H12N2S3. The Balaban J connectivity index is 2.27. The third-order valence-corrected chi connectivity index (χ3v) is 3.90. The van der Waals surface area contributed by atoms with Gasteiger partial charge in [0, 0.05) is 26.2 Å². The Morgan fingerprint density at radius 1 is 1.45 bits per heavy atom. The van der Waals surface area contributed by atoms with Crippen LogP contribution in [0.4, 0.5) is 0 Å². The molecule has 1 heterocycles. The summed E-state index contributed by atoms with van der Waals surface area (Å²) in [6, 6.07) is 0. The summed E-state index contributed by atoms with van der Waals surface area (Å²) in [7, 11) is 3.40. The zero-order chi connectivity index (χ0) is 8.10. The number of nitrogens with zero attached hydrogens (tertiary/aromatic N) is 1. The molecule has 2 nitrogen and oxygen atoms in total. The van der Waals surface area contributed by atoms with Crippen molar-refractivity contribution in [1.29, 1.82) is 0 Å². The third-order valence-electron chi connectivity index (χ3n) is 1.53. The number of nitrogens with one attached hydrogen (secondary N) is 1. The molecular weight excluding hydrogens is 196 g/mol. The molecule has 0 aromatic heterocycles. The average molecular weight is 208 g/mol. The molecule has 0 aromatic carbocycles. The summed E-state index contributed by atoms with van der Waals surface area (Å²) >= 11 is 5.21. The van der Waals surface area contributed by atoms with Gasteiger partial charge in [0.05, 0.1) is 0 Å². The molecule has 64 valence electrons. The molecule has 0 radical (unpaired) electrons. The van der Waals surface area contributed by atoms with Gasteiger partial charge in [0.1, 0.15) is 4.32 Å². The van der Waals surface area contributed by atoms with E-state index in [4.69, 9.17) is 12.2 Å². The molecule has 0 unspecified atom stereocenters. The summed E-state index contributed by atoms with van der Waals surface area (Å²) < 4.78 is 1.03. The van der Waals surface area contributed by atoms with Crippen molar-refractivity contribution < 1.29 is 0 Å². The largest absolute Gasteiger partial charge is 0.354 e. The summed E-state index contributed by atoms with van der Waals surface area (Å²) in [4.78, 5) is 2.26. The van der Waals surface area contributed by atoms with Crippen molar-refractivity contribution in [1.82, 2.24) is 10.2 Å². The molecule has 0 bridgehead atoms. The van der Waals surface area contributed by atoms with E-state index in [1.54, 1.807) is 21.6 Å². The van der Waals surface area contributed by atoms with Crippen LogP contribution in [-0.2, 0) is 0 Å². The number of piperazine rings is 1. The van der Waals surface area contributed by atoms with E-state index in [1.807, 2.05) is 0 Å². The van der Waals surface area contributed by atoms with Crippen LogP contribution in [0, 0.1) is 0 Å². The van der Waals surface area contributed by atoms with Gasteiger partial charge in [0.2, 0.25) is 0 Å². The number of hydrogen-bond acceptors (Lipinski definition) is 4. The fourth-order valence-corrected chi connectivity index (χ4v) is 2.94. The number of rotatable bonds is 1. The van der Waals surface area contributed by atoms with Crippen molar-refractivity contribution in [3.05, 3.63) is 0 Å². The van der Waals surface area contributed by atoms with Crippen LogP contribution in [0.2, 0.25) is 0 Å². The molecule has 1 aliphatic heterocycles. The van der Waals surface area contributed by atoms with E-state index < -0.39 is 0 Å². The summed E-state index contributed by atoms with van der Waals surface area (Å²) in [6.07, 6.45) is 2.05. The summed E-state index contributed by atoms with van der Waals surface area (Å²) in [5.41, 5.74) is 0. The van der Waals surface area contributed by atoms with Crippen LogP contribution in [0.5, 0.6) is 0 Å². The highest BCUT2D eigenvalue weighted by molar-refractivity contribution is 8.83. The van der Waals surface area contributed by atoms with E-state index in [0.717, 1.165) is 30.5 Å². The van der Waals surface area contributed by atoms with Crippen LogP contribution in [0.25, 0.3) is 0 Å². The first-order chi connectivity index (χ1) is 5.34. The van der Waals surface area contributed by atoms with Crippen molar-refractivity contribution in [2.24, 2.45) is 0 Å². The second-order valence-electron chi connectivity index (χ2n) is 2.25. The van der Waals surface area contributed by atoms with E-state index in [1.165, 1.54) is 0 Å². The van der Waals surface area contributed by atoms with Gasteiger partial charge in [-0.1, -0.05) is 23.0 Å². The van der Waals surface area contributed by atoms with E-state index >= 15 is 0 Å². The van der Waals surface area contributed by atoms with Gasteiger partial charge in [-0.05, 0) is 17.0 Å². The smallest absolute Gasteiger partial charge is 0.147 e. The Morgan fingerprint density at radius 3 is 2.64 bits per heavy atom. The second-order valence-corrected chi connectivity index (χ2v) is 5.28. The Labute approximate surface area is 80.9 Å². The van der Waals surface area contributed by atoms with Gasteiger partial charge in [-0.3, -0.25) is 0 Å². The zero-order valence-corrected chi connectivity index (χ0v) is 8.95. The Hall–Kier alpha value is 0.550. The van der Waals surface area contributed by atoms with E-state index in [2.05, 4.69) is 16.5 Å². The van der Waals surface area contributed by atoms with Crippen LogP contribution in [-0.4, -0.2) is 41.7 Å². The van der Waals surface area contributed by atoms with E-state index in [0.29, 0.717) is 0 Å². The Morgan fingerprint density at radius 2 is 2.09 bits per heavy atom. The molecule has 1 fully saturated rings. The minimum absolute atomic E-state index is 1.03. The molecule has 5 heteroatoms. The number of hydrogen-bond donors (Lipinski definition) is 1. The zero-order valence-electron chi connectivity index (χ0n) is 6.50. The van der Waals surface area contributed by atoms with Crippen molar-refractivity contribution >= 4 is 38.1 Å². The lowest BCUT2D eigenvalue weighted by Gasteiger charge is -2.28. The molecule has 0 amide bonds. The van der Waals surface area contributed by atoms with Crippen LogP contribution >= 0.6 is 33.8 Å². The van der Waals surface area contributed by atoms with Crippen LogP contribution in [0.15, 0.2) is 0 Å². The third kappa shape index (κ3) is 3.19. The molecule has 0 saturated carbocycles. The molecule has 0 atom stereocenters. The van der Waals surface area contributed by atoms with Gasteiger partial charge < -0.3 is 10.2 Å². The quantitative estimate of drug-likeness (QED) is 0.513. The first kappa shape index (κ1) is 9.64. The van der Waals surface area contributed by atoms with Crippen LogP contribution in [0.1, 0.15) is 0 Å². The lowest BCUT2D eigenvalue weighted by atomic mass is 10.4. The SMILES string of the molecule is CSSC(=S)N1CCNCC1. The maximum atomic E-state index is 5.21. The van der Waals surface area contributed by atoms with Gasteiger partial charge in [0.25, 0.3) is 0 Å². The molecule has 1 N–H and O–H groups in total. The van der Waals surface area contributed by atoms with Crippen LogP contribution < -0.4 is 5.32 Å². The summed E-state index contributed by atoms with van der Waals surface area (Å²) in [5.74, 6) is 0. The molecule has 0 aromatic rings. The van der Waals surface area contributed by atoms with E-state index in [-0.39, 0.29) is 0 Å². The highest BCUT2D eigenvalue weighted by atomic mass is 33.1. The first-order valence-corrected chi connectivity index (χ1v) is 6.51. The van der Waals surface area contributed by atoms with Gasteiger partial charge in [-0.25, -0.2) is 0 Å². The van der Waals surface area contributed by atoms with Gasteiger partial charge in [0.15, 0.2) is 0 Å². The maximum Gasteiger partial charge on any atom is 0.147 e. The monoisotopic (exact) mass is 208 g/mol. The molecule has 0 aliphatic carbocycles. The second kappa shape index (κ2) is 5.24. The highest BCUT2D eigenvalue weighted by Crippen LogP contribution is 2.21. The minimum Gasteiger partial charge on any atom is -0.354 e. The standard InChI is InChI=1S/C6H12N2S3/c1-10-11-6(9)8-4-2-7-3-5-8/h7H,2-5H2,1H3. The maximum absolute atomic E-state index is 5.21. The summed E-state index contributed by atoms with van der Waals surface area (Å²) in [5, 5.41) is 3.29. The van der Waals surface area contributed by atoms with Gasteiger partial charge in [-0.2, -0.15) is 0 Å². The van der Waals surface area contributed by atoms with Crippen molar-refractivity contribution in [3.63, 3.8) is 0 Å². The van der Waals surface area contributed by atoms with Crippen molar-refractivity contribution in [2.45, 2.75) is 0 Å². The molecule has 0 spiro atoms. The normalized spacial score (nSPS) is 18.5. The Bertz CT molecular complexity index is 134. The van der Waals surface area contributed by atoms with Crippen LogP contribution in [0.3, 0.4) is 0 Å². The van der Waals surface area contributed by atoms with Crippen molar-refractivity contribution in [2.75, 3.05) is 32.4 Å². The predicted octanol–water partition coefficient (Wildman–Crippen LogP) is 1.19. The minimum atomic E-state index is 1.03. The first-order valence-electron chi connectivity index (χ1n) is 3.55. The molecule has 11 heavy (non-hydrogen) atoms. The molecule has 1 aliphatic rings. The Kier molecular flexibility index (Phi) is 4.59. The summed E-state index contributed by atoms with van der Waals surface area (Å²) in [6.45, 7) is 4.25. The topological polar surface area (TPSA) is 15.3 Å². The van der Waals surface area contributed by atoms with Gasteiger partial charge >= 0.3 is 0 Å². The van der Waals surface area contributed by atoms with Gasteiger partial charge in [-0.15, -0.1) is 0 Å². The fourth-order valence-electron chi connectivity index (χ4n) is 0.971. The highest BCUT2D eigenvalue weighted by Gasteiger charge is 2.12. The fraction of sp³-hybridized carbons (Fsp3) is 0.833. The molecule has 1 saturated heterocycles. The average Bonchev–Trinajstić information content (AvgIpc) is 2.07. The number of thiocarbonyl (C=S) groups is 1. The lowest BCUT2D eigenvalue weighted by Crippen LogP contribution is -2.44. The predicted molar refractivity (Wildman–Crippen MR) is 58.1 cm³/mol.